The fourth-order valence-corrected chi connectivity index (χ4v) is 5.16. The van der Waals surface area contributed by atoms with E-state index in [-0.39, 0.29) is 4.65 Å². The molecule has 1 aliphatic carbocycles. The van der Waals surface area contributed by atoms with Crippen molar-refractivity contribution in [2.24, 2.45) is 4.99 Å². The number of thiazole rings is 1. The zero-order chi connectivity index (χ0) is 15.2. The lowest BCUT2D eigenvalue weighted by molar-refractivity contribution is -0.827. The molecule has 0 fully saturated rings. The molecule has 3 heterocycles. The van der Waals surface area contributed by atoms with Gasteiger partial charge in [0.15, 0.2) is 5.70 Å². The average molecular weight is 331 g/mol. The van der Waals surface area contributed by atoms with Crippen molar-refractivity contribution in [2.45, 2.75) is 19.8 Å². The number of fused-ring (bicyclic) bond motifs is 1. The second-order valence-corrected chi connectivity index (χ2v) is 7.66. The maximum Gasteiger partial charge on any atom is 0.152 e. The molecule has 22 heavy (non-hydrogen) atoms. The Balaban J connectivity index is 2.00. The van der Waals surface area contributed by atoms with Crippen LogP contribution >= 0.6 is 23.1 Å². The van der Waals surface area contributed by atoms with Crippen molar-refractivity contribution in [3.05, 3.63) is 43.0 Å². The van der Waals surface area contributed by atoms with Crippen LogP contribution in [0.3, 0.4) is 0 Å². The largest absolute Gasteiger partial charge is 0.627 e. The molecule has 0 saturated carbocycles. The zero-order valence-electron chi connectivity index (χ0n) is 12.4. The van der Waals surface area contributed by atoms with Crippen LogP contribution in [0.1, 0.15) is 19.8 Å². The highest BCUT2D eigenvalue weighted by Gasteiger charge is 2.37. The molecular weight excluding hydrogens is 314 g/mol. The molecular formula is C16H17N3OS2. The van der Waals surface area contributed by atoms with Crippen LogP contribution in [0.4, 0.5) is 0 Å². The van der Waals surface area contributed by atoms with Gasteiger partial charge in [-0.25, -0.2) is 4.98 Å². The third kappa shape index (κ3) is 2.22. The van der Waals surface area contributed by atoms with Gasteiger partial charge in [-0.1, -0.05) is 6.92 Å². The molecule has 1 unspecified atom stereocenters. The number of rotatable bonds is 2. The first-order chi connectivity index (χ1) is 10.7. The van der Waals surface area contributed by atoms with Gasteiger partial charge in [0.25, 0.3) is 0 Å². The Bertz CT molecular complexity index is 834. The lowest BCUT2D eigenvalue weighted by Crippen LogP contribution is -2.46. The first kappa shape index (κ1) is 14.4. The van der Waals surface area contributed by atoms with Gasteiger partial charge in [0.05, 0.1) is 26.8 Å². The van der Waals surface area contributed by atoms with Crippen LogP contribution in [-0.2, 0) is 0 Å². The van der Waals surface area contributed by atoms with Crippen LogP contribution in [0.15, 0.2) is 32.9 Å². The molecule has 1 atom stereocenters. The average Bonchev–Trinajstić information content (AvgIpc) is 2.95. The van der Waals surface area contributed by atoms with Crippen molar-refractivity contribution in [3.8, 4) is 0 Å². The van der Waals surface area contributed by atoms with E-state index in [1.807, 2.05) is 11.7 Å². The predicted molar refractivity (Wildman–Crippen MR) is 93.6 cm³/mol. The highest BCUT2D eigenvalue weighted by Crippen LogP contribution is 2.44. The Morgan fingerprint density at radius 1 is 1.50 bits per heavy atom. The number of allylic oxidation sites excluding steroid dienone is 3. The van der Waals surface area contributed by atoms with E-state index >= 15 is 0 Å². The van der Waals surface area contributed by atoms with Gasteiger partial charge < -0.3 is 9.85 Å². The van der Waals surface area contributed by atoms with Crippen molar-refractivity contribution in [1.82, 2.24) is 4.98 Å². The van der Waals surface area contributed by atoms with Crippen LogP contribution in [-0.4, -0.2) is 34.7 Å². The van der Waals surface area contributed by atoms with Gasteiger partial charge in [0, 0.05) is 29.7 Å². The maximum atomic E-state index is 13.3. The minimum absolute atomic E-state index is 0.234. The van der Waals surface area contributed by atoms with E-state index in [1.54, 1.807) is 23.1 Å². The van der Waals surface area contributed by atoms with Crippen LogP contribution in [0.2, 0.25) is 0 Å². The van der Waals surface area contributed by atoms with E-state index in [0.717, 1.165) is 43.9 Å². The monoisotopic (exact) mass is 331 g/mol. The summed E-state index contributed by atoms with van der Waals surface area (Å²) in [6.07, 6.45) is 7.75. The molecule has 0 radical (unpaired) electrons. The minimum atomic E-state index is -0.234. The van der Waals surface area contributed by atoms with Crippen molar-refractivity contribution in [2.75, 3.05) is 18.8 Å². The maximum absolute atomic E-state index is 13.3. The molecule has 0 bridgehead atoms. The molecule has 0 saturated heterocycles. The normalized spacial score (nSPS) is 27.2. The summed E-state index contributed by atoms with van der Waals surface area (Å²) in [5.41, 5.74) is 4.95. The fraction of sp³-hybridized carbons (Fsp3) is 0.375. The Kier molecular flexibility index (Phi) is 3.57. The van der Waals surface area contributed by atoms with Crippen LogP contribution < -0.4 is 9.88 Å². The molecule has 4 rings (SSSR count). The van der Waals surface area contributed by atoms with Crippen molar-refractivity contribution >= 4 is 41.0 Å². The number of hydrogen-bond acceptors (Lipinski definition) is 5. The molecule has 0 N–H and O–H groups in total. The van der Waals surface area contributed by atoms with Gasteiger partial charge in [-0.3, -0.25) is 4.99 Å². The van der Waals surface area contributed by atoms with E-state index in [9.17, 15) is 5.21 Å². The summed E-state index contributed by atoms with van der Waals surface area (Å²) in [5.74, 6) is 0.867. The minimum Gasteiger partial charge on any atom is -0.627 e. The Morgan fingerprint density at radius 2 is 2.41 bits per heavy atom. The highest BCUT2D eigenvalue weighted by molar-refractivity contribution is 8.03. The molecule has 0 spiro atoms. The van der Waals surface area contributed by atoms with Gasteiger partial charge in [-0.15, -0.1) is 23.1 Å². The van der Waals surface area contributed by atoms with Crippen molar-refractivity contribution in [3.63, 3.8) is 0 Å². The lowest BCUT2D eigenvalue weighted by Gasteiger charge is -2.47. The van der Waals surface area contributed by atoms with Gasteiger partial charge in [0.1, 0.15) is 6.54 Å². The van der Waals surface area contributed by atoms with Gasteiger partial charge >= 0.3 is 0 Å². The first-order valence-electron chi connectivity index (χ1n) is 7.53. The Hall–Kier alpha value is -1.21. The Labute approximate surface area is 137 Å². The lowest BCUT2D eigenvalue weighted by atomic mass is 9.99. The molecule has 114 valence electrons. The number of thioether (sulfide) groups is 1. The summed E-state index contributed by atoms with van der Waals surface area (Å²) in [6, 6.07) is 0. The number of nitrogens with zero attached hydrogens (tertiary/aromatic N) is 3. The van der Waals surface area contributed by atoms with E-state index in [1.165, 1.54) is 0 Å². The predicted octanol–water partition coefficient (Wildman–Crippen LogP) is 2.13. The number of aromatic nitrogens is 1. The van der Waals surface area contributed by atoms with E-state index in [4.69, 9.17) is 0 Å². The van der Waals surface area contributed by atoms with Crippen LogP contribution in [0.5, 0.6) is 0 Å². The molecule has 0 aromatic carbocycles. The van der Waals surface area contributed by atoms with Crippen molar-refractivity contribution in [1.29, 1.82) is 0 Å². The van der Waals surface area contributed by atoms with Gasteiger partial charge in [0.2, 0.25) is 0 Å². The third-order valence-electron chi connectivity index (χ3n) is 4.18. The highest BCUT2D eigenvalue weighted by atomic mass is 32.2. The number of hydroxylamine groups is 3. The smallest absolute Gasteiger partial charge is 0.152 e. The zero-order valence-corrected chi connectivity index (χ0v) is 14.0. The number of hydrogen-bond donors (Lipinski definition) is 0. The van der Waals surface area contributed by atoms with Gasteiger partial charge in [-0.05, 0) is 18.6 Å². The van der Waals surface area contributed by atoms with E-state index in [0.29, 0.717) is 19.5 Å². The molecule has 1 aromatic heterocycles. The topological polar surface area (TPSA) is 48.3 Å². The molecule has 4 nitrogen and oxygen atoms in total. The standard InChI is InChI=1S/C16H17N3OS2/c1-2-4-17-11-8-12-15-13(22-10-18-15)3-5-19(20)6-7-21-14(9-11)16(12)19/h3-4,9-10H,2,5-8H2,1H3. The quantitative estimate of drug-likeness (QED) is 0.474. The van der Waals surface area contributed by atoms with Crippen molar-refractivity contribution < 1.29 is 4.65 Å². The summed E-state index contributed by atoms with van der Waals surface area (Å²) >= 11 is 3.40. The number of aliphatic imine (C=N–C) groups is 1. The second kappa shape index (κ2) is 5.45. The van der Waals surface area contributed by atoms with Crippen LogP contribution in [0, 0.1) is 5.21 Å². The summed E-state index contributed by atoms with van der Waals surface area (Å²) in [5, 5.41) is 14.3. The summed E-state index contributed by atoms with van der Waals surface area (Å²) in [4.78, 5) is 10.2. The summed E-state index contributed by atoms with van der Waals surface area (Å²) < 4.78 is 0.900. The summed E-state index contributed by atoms with van der Waals surface area (Å²) in [6.45, 7) is 3.23. The third-order valence-corrected chi connectivity index (χ3v) is 6.02. The number of quaternary nitrogens is 1. The SMILES string of the molecule is CCC=NC1=CC2=C3C(=c4ncsc4=CC[N+]3([O-])CCS2)C1. The van der Waals surface area contributed by atoms with E-state index in [2.05, 4.69) is 29.1 Å². The molecule has 0 amide bonds. The second-order valence-electron chi connectivity index (χ2n) is 5.64. The first-order valence-corrected chi connectivity index (χ1v) is 9.40. The fourth-order valence-electron chi connectivity index (χ4n) is 3.18. The van der Waals surface area contributed by atoms with Gasteiger partial charge in [-0.2, -0.15) is 0 Å². The molecule has 1 aromatic rings. The van der Waals surface area contributed by atoms with Crippen LogP contribution in [0.25, 0.3) is 11.6 Å². The summed E-state index contributed by atoms with van der Waals surface area (Å²) in [7, 11) is 0. The molecule has 3 aliphatic rings. The van der Waals surface area contributed by atoms with E-state index < -0.39 is 0 Å². The molecule has 6 heteroatoms. The molecule has 2 aliphatic heterocycles. The Morgan fingerprint density at radius 3 is 3.27 bits per heavy atom.